The van der Waals surface area contributed by atoms with Crippen LogP contribution in [-0.4, -0.2) is 45.3 Å². The van der Waals surface area contributed by atoms with Crippen molar-refractivity contribution in [1.82, 2.24) is 15.1 Å². The first-order chi connectivity index (χ1) is 12.5. The number of hydrogen-bond donors (Lipinski definition) is 2. The third kappa shape index (κ3) is 4.73. The van der Waals surface area contributed by atoms with Crippen molar-refractivity contribution in [2.45, 2.75) is 36.6 Å². The van der Waals surface area contributed by atoms with E-state index in [0.717, 1.165) is 18.5 Å². The Morgan fingerprint density at radius 3 is 2.81 bits per heavy atom. The predicted octanol–water partition coefficient (Wildman–Crippen LogP) is 2.55. The number of carbonyl (C=O) groups excluding carboxylic acids is 2. The van der Waals surface area contributed by atoms with Gasteiger partial charge in [-0.2, -0.15) is 0 Å². The molecule has 2 aromatic rings. The highest BCUT2D eigenvalue weighted by atomic mass is 32.2. The molecule has 0 aliphatic carbocycles. The summed E-state index contributed by atoms with van der Waals surface area (Å²) in [7, 11) is 0. The van der Waals surface area contributed by atoms with Gasteiger partial charge in [-0.25, -0.2) is 0 Å². The lowest BCUT2D eigenvalue weighted by Crippen LogP contribution is -2.51. The van der Waals surface area contributed by atoms with Gasteiger partial charge in [-0.15, -0.1) is 10.2 Å². The minimum absolute atomic E-state index is 0.0817. The Morgan fingerprint density at radius 2 is 2.08 bits per heavy atom. The molecule has 0 saturated carbocycles. The Kier molecular flexibility index (Phi) is 6.10. The van der Waals surface area contributed by atoms with Crippen LogP contribution in [0.4, 0.5) is 10.8 Å². The first kappa shape index (κ1) is 18.7. The molecule has 3 rings (SSSR count). The van der Waals surface area contributed by atoms with Crippen LogP contribution in [0.3, 0.4) is 0 Å². The smallest absolute Gasteiger partial charge is 0.240 e. The lowest BCUT2D eigenvalue weighted by Gasteiger charge is -2.33. The molecule has 26 heavy (non-hydrogen) atoms. The van der Waals surface area contributed by atoms with Crippen LogP contribution in [0.2, 0.25) is 0 Å². The normalized spacial score (nSPS) is 17.1. The van der Waals surface area contributed by atoms with Gasteiger partial charge < -0.3 is 16.0 Å². The molecule has 0 bridgehead atoms. The number of thioether (sulfide) groups is 1. The van der Waals surface area contributed by atoms with E-state index in [1.165, 1.54) is 28.7 Å². The number of likely N-dealkylation sites (tertiary alicyclic amines) is 1. The lowest BCUT2D eigenvalue weighted by molar-refractivity contribution is -0.138. The second-order valence-corrected chi connectivity index (χ2v) is 8.35. The zero-order chi connectivity index (χ0) is 18.5. The second kappa shape index (κ2) is 8.50. The van der Waals surface area contributed by atoms with Crippen molar-refractivity contribution in [3.8, 4) is 0 Å². The summed E-state index contributed by atoms with van der Waals surface area (Å²) in [5.41, 5.74) is 7.55. The summed E-state index contributed by atoms with van der Waals surface area (Å²) in [5, 5.41) is 12.1. The summed E-state index contributed by atoms with van der Waals surface area (Å²) in [6.45, 7) is 2.62. The average Bonchev–Trinajstić information content (AvgIpc) is 3.09. The van der Waals surface area contributed by atoms with Gasteiger partial charge in [0.25, 0.3) is 0 Å². The van der Waals surface area contributed by atoms with Crippen LogP contribution in [0.5, 0.6) is 0 Å². The van der Waals surface area contributed by atoms with Crippen LogP contribution in [0, 0.1) is 6.92 Å². The van der Waals surface area contributed by atoms with Crippen molar-refractivity contribution in [2.24, 2.45) is 5.73 Å². The number of primary amides is 1. The Morgan fingerprint density at radius 1 is 1.31 bits per heavy atom. The van der Waals surface area contributed by atoms with E-state index in [-0.39, 0.29) is 11.7 Å². The first-order valence-electron chi connectivity index (χ1n) is 8.42. The number of piperidine rings is 1. The van der Waals surface area contributed by atoms with Crippen molar-refractivity contribution >= 4 is 45.7 Å². The van der Waals surface area contributed by atoms with Crippen LogP contribution in [0.25, 0.3) is 0 Å². The minimum atomic E-state index is -0.481. The van der Waals surface area contributed by atoms with Gasteiger partial charge in [0.1, 0.15) is 6.04 Å². The van der Waals surface area contributed by atoms with Crippen LogP contribution < -0.4 is 11.1 Å². The third-order valence-corrected chi connectivity index (χ3v) is 6.14. The fraction of sp³-hybridized carbons (Fsp3) is 0.412. The standard InChI is InChI=1S/C17H21N5O2S2/c1-11-5-7-12(8-6-11)19-16-20-21-17(26-16)25-10-14(23)22-9-3-2-4-13(22)15(18)24/h5-8,13H,2-4,9-10H2,1H3,(H2,18,24)(H,19,20)/t13-/m1/s1. The second-order valence-electron chi connectivity index (χ2n) is 6.15. The quantitative estimate of drug-likeness (QED) is 0.734. The zero-order valence-corrected chi connectivity index (χ0v) is 16.1. The van der Waals surface area contributed by atoms with Crippen LogP contribution in [0.15, 0.2) is 28.6 Å². The van der Waals surface area contributed by atoms with Gasteiger partial charge in [0, 0.05) is 12.2 Å². The molecule has 7 nitrogen and oxygen atoms in total. The molecule has 1 aromatic carbocycles. The number of nitrogens with one attached hydrogen (secondary N) is 1. The summed E-state index contributed by atoms with van der Waals surface area (Å²) >= 11 is 2.73. The van der Waals surface area contributed by atoms with E-state index < -0.39 is 11.9 Å². The highest BCUT2D eigenvalue weighted by Gasteiger charge is 2.30. The van der Waals surface area contributed by atoms with Gasteiger partial charge in [-0.05, 0) is 38.3 Å². The molecule has 1 saturated heterocycles. The maximum absolute atomic E-state index is 12.5. The topological polar surface area (TPSA) is 101 Å². The van der Waals surface area contributed by atoms with E-state index in [4.69, 9.17) is 5.73 Å². The minimum Gasteiger partial charge on any atom is -0.368 e. The zero-order valence-electron chi connectivity index (χ0n) is 14.5. The molecule has 138 valence electrons. The van der Waals surface area contributed by atoms with Gasteiger partial charge in [-0.1, -0.05) is 40.8 Å². The average molecular weight is 392 g/mol. The fourth-order valence-corrected chi connectivity index (χ4v) is 4.47. The monoisotopic (exact) mass is 391 g/mol. The lowest BCUT2D eigenvalue weighted by atomic mass is 10.0. The molecule has 9 heteroatoms. The SMILES string of the molecule is Cc1ccc(Nc2nnc(SCC(=O)N3CCCC[C@@H]3C(N)=O)s2)cc1. The van der Waals surface area contributed by atoms with E-state index in [9.17, 15) is 9.59 Å². The Balaban J connectivity index is 1.54. The summed E-state index contributed by atoms with van der Waals surface area (Å²) < 4.78 is 0.709. The Hall–Kier alpha value is -2.13. The molecular formula is C17H21N5O2S2. The van der Waals surface area contributed by atoms with Crippen molar-refractivity contribution in [3.05, 3.63) is 29.8 Å². The van der Waals surface area contributed by atoms with Crippen molar-refractivity contribution in [2.75, 3.05) is 17.6 Å². The van der Waals surface area contributed by atoms with Crippen LogP contribution >= 0.6 is 23.1 Å². The number of nitrogens with two attached hydrogens (primary N) is 1. The number of rotatable bonds is 6. The number of carbonyl (C=O) groups is 2. The number of aromatic nitrogens is 2. The van der Waals surface area contributed by atoms with E-state index in [0.29, 0.717) is 22.4 Å². The Labute approximate surface area is 160 Å². The number of benzene rings is 1. The summed E-state index contributed by atoms with van der Waals surface area (Å²) in [6.07, 6.45) is 2.48. The van der Waals surface area contributed by atoms with Gasteiger partial charge in [0.2, 0.25) is 16.9 Å². The first-order valence-corrected chi connectivity index (χ1v) is 10.2. The summed E-state index contributed by atoms with van der Waals surface area (Å²) in [6, 6.07) is 7.52. The van der Waals surface area contributed by atoms with Crippen molar-refractivity contribution in [3.63, 3.8) is 0 Å². The number of anilines is 2. The highest BCUT2D eigenvalue weighted by molar-refractivity contribution is 8.01. The van der Waals surface area contributed by atoms with Gasteiger partial charge in [-0.3, -0.25) is 9.59 Å². The summed E-state index contributed by atoms with van der Waals surface area (Å²) in [5.74, 6) is -0.284. The number of nitrogens with zero attached hydrogens (tertiary/aromatic N) is 3. The Bertz CT molecular complexity index is 778. The molecule has 1 atom stereocenters. The molecule has 1 aliphatic heterocycles. The third-order valence-electron chi connectivity index (χ3n) is 4.18. The molecule has 2 heterocycles. The molecule has 0 unspecified atom stereocenters. The number of amides is 2. The molecule has 0 radical (unpaired) electrons. The van der Waals surface area contributed by atoms with E-state index in [2.05, 4.69) is 15.5 Å². The number of hydrogen-bond acceptors (Lipinski definition) is 7. The largest absolute Gasteiger partial charge is 0.368 e. The maximum atomic E-state index is 12.5. The predicted molar refractivity (Wildman–Crippen MR) is 104 cm³/mol. The van der Waals surface area contributed by atoms with Crippen LogP contribution in [0.1, 0.15) is 24.8 Å². The van der Waals surface area contributed by atoms with E-state index in [1.54, 1.807) is 4.90 Å². The van der Waals surface area contributed by atoms with Gasteiger partial charge in [0.15, 0.2) is 4.34 Å². The maximum Gasteiger partial charge on any atom is 0.240 e. The van der Waals surface area contributed by atoms with Crippen molar-refractivity contribution < 1.29 is 9.59 Å². The van der Waals surface area contributed by atoms with Crippen molar-refractivity contribution in [1.29, 1.82) is 0 Å². The van der Waals surface area contributed by atoms with E-state index >= 15 is 0 Å². The van der Waals surface area contributed by atoms with Gasteiger partial charge >= 0.3 is 0 Å². The number of aryl methyl sites for hydroxylation is 1. The summed E-state index contributed by atoms with van der Waals surface area (Å²) in [4.78, 5) is 25.6. The van der Waals surface area contributed by atoms with Gasteiger partial charge in [0.05, 0.1) is 5.75 Å². The molecule has 1 aromatic heterocycles. The molecule has 3 N–H and O–H groups in total. The molecular weight excluding hydrogens is 370 g/mol. The fourth-order valence-electron chi connectivity index (χ4n) is 2.81. The molecule has 2 amide bonds. The highest BCUT2D eigenvalue weighted by Crippen LogP contribution is 2.28. The van der Waals surface area contributed by atoms with Crippen LogP contribution in [-0.2, 0) is 9.59 Å². The molecule has 0 spiro atoms. The molecule has 1 fully saturated rings. The van der Waals surface area contributed by atoms with E-state index in [1.807, 2.05) is 31.2 Å². The molecule has 1 aliphatic rings.